The van der Waals surface area contributed by atoms with E-state index >= 15 is 0 Å². The lowest BCUT2D eigenvalue weighted by molar-refractivity contribution is -0.129. The van der Waals surface area contributed by atoms with E-state index in [2.05, 4.69) is 4.99 Å². The van der Waals surface area contributed by atoms with Crippen molar-refractivity contribution in [3.63, 3.8) is 0 Å². The Morgan fingerprint density at radius 1 is 1.11 bits per heavy atom. The number of methoxy groups -OCH3 is 1. The van der Waals surface area contributed by atoms with E-state index in [-0.39, 0.29) is 16.5 Å². The van der Waals surface area contributed by atoms with Gasteiger partial charge in [0.25, 0.3) is 0 Å². The molecule has 0 saturated heterocycles. The molecule has 7 nitrogen and oxygen atoms in total. The number of nitrogens with zero attached hydrogens (tertiary/aromatic N) is 2. The van der Waals surface area contributed by atoms with Crippen LogP contribution >= 0.6 is 0 Å². The number of esters is 1. The molecule has 0 fully saturated rings. The Morgan fingerprint density at radius 2 is 1.85 bits per heavy atom. The maximum Gasteiger partial charge on any atom is 0.363 e. The van der Waals surface area contributed by atoms with Gasteiger partial charge in [-0.3, -0.25) is 0 Å². The Hall–Kier alpha value is -2.97. The molecule has 0 atom stereocenters. The van der Waals surface area contributed by atoms with Gasteiger partial charge in [0.2, 0.25) is 15.9 Å². The third kappa shape index (κ3) is 3.76. The first-order valence-electron chi connectivity index (χ1n) is 8.01. The van der Waals surface area contributed by atoms with Crippen LogP contribution in [0.1, 0.15) is 11.1 Å². The Labute approximate surface area is 157 Å². The molecule has 0 bridgehead atoms. The van der Waals surface area contributed by atoms with Gasteiger partial charge in [-0.25, -0.2) is 22.5 Å². The number of cyclic esters (lactones) is 1. The highest BCUT2D eigenvalue weighted by Gasteiger charge is 2.26. The topological polar surface area (TPSA) is 85.3 Å². The number of hydrogen-bond acceptors (Lipinski definition) is 6. The molecular weight excluding hydrogens is 368 g/mol. The molecule has 0 aliphatic carbocycles. The van der Waals surface area contributed by atoms with Crippen molar-refractivity contribution < 1.29 is 22.7 Å². The lowest BCUT2D eigenvalue weighted by atomic mass is 10.1. The number of ether oxygens (including phenoxy) is 2. The van der Waals surface area contributed by atoms with Crippen LogP contribution in [0.5, 0.6) is 5.75 Å². The monoisotopic (exact) mass is 386 g/mol. The highest BCUT2D eigenvalue weighted by atomic mass is 32.2. The number of rotatable bonds is 5. The molecule has 0 radical (unpaired) electrons. The van der Waals surface area contributed by atoms with Crippen LogP contribution in [-0.4, -0.2) is 45.8 Å². The number of sulfonamides is 1. The van der Waals surface area contributed by atoms with Crippen molar-refractivity contribution in [3.05, 3.63) is 65.4 Å². The van der Waals surface area contributed by atoms with E-state index in [4.69, 9.17) is 9.47 Å². The number of benzene rings is 2. The van der Waals surface area contributed by atoms with Gasteiger partial charge in [0, 0.05) is 25.2 Å². The van der Waals surface area contributed by atoms with Crippen molar-refractivity contribution in [1.82, 2.24) is 4.31 Å². The van der Waals surface area contributed by atoms with Gasteiger partial charge < -0.3 is 9.47 Å². The van der Waals surface area contributed by atoms with Gasteiger partial charge in [-0.05, 0) is 30.3 Å². The molecule has 0 spiro atoms. The maximum atomic E-state index is 12.3. The largest absolute Gasteiger partial charge is 0.496 e. The molecule has 140 valence electrons. The molecule has 0 unspecified atom stereocenters. The van der Waals surface area contributed by atoms with Gasteiger partial charge >= 0.3 is 5.97 Å². The molecule has 27 heavy (non-hydrogen) atoms. The summed E-state index contributed by atoms with van der Waals surface area (Å²) in [6.45, 7) is 0. The average Bonchev–Trinajstić information content (AvgIpc) is 3.03. The molecule has 2 aromatic carbocycles. The molecule has 1 aliphatic heterocycles. The molecular formula is C19H18N2O5S. The second kappa shape index (κ2) is 7.34. The van der Waals surface area contributed by atoms with Crippen LogP contribution in [0, 0.1) is 0 Å². The van der Waals surface area contributed by atoms with Crippen molar-refractivity contribution in [2.45, 2.75) is 4.90 Å². The highest BCUT2D eigenvalue weighted by Crippen LogP contribution is 2.25. The summed E-state index contributed by atoms with van der Waals surface area (Å²) in [5, 5.41) is 0. The van der Waals surface area contributed by atoms with Crippen molar-refractivity contribution in [3.8, 4) is 5.75 Å². The molecule has 1 heterocycles. The lowest BCUT2D eigenvalue weighted by Crippen LogP contribution is -2.22. The second-order valence-corrected chi connectivity index (χ2v) is 8.05. The van der Waals surface area contributed by atoms with Crippen LogP contribution < -0.4 is 4.74 Å². The fourth-order valence-electron chi connectivity index (χ4n) is 2.47. The summed E-state index contributed by atoms with van der Waals surface area (Å²) in [5.41, 5.74) is 1.19. The minimum atomic E-state index is -3.61. The van der Waals surface area contributed by atoms with Gasteiger partial charge in [0.15, 0.2) is 5.70 Å². The molecule has 0 N–H and O–H groups in total. The zero-order valence-electron chi connectivity index (χ0n) is 15.0. The first-order valence-corrected chi connectivity index (χ1v) is 9.45. The predicted molar refractivity (Wildman–Crippen MR) is 101 cm³/mol. The van der Waals surface area contributed by atoms with E-state index in [1.807, 2.05) is 12.1 Å². The molecule has 2 aromatic rings. The SMILES string of the molecule is COc1ccccc1/C=C1\N=C(c2cccc(S(=O)(=O)N(C)C)c2)OC1=O. The Bertz CT molecular complexity index is 1060. The summed E-state index contributed by atoms with van der Waals surface area (Å²) in [7, 11) is 0.826. The smallest absolute Gasteiger partial charge is 0.363 e. The number of aliphatic imine (C=N–C) groups is 1. The van der Waals surface area contributed by atoms with Gasteiger partial charge in [0.1, 0.15) is 5.75 Å². The van der Waals surface area contributed by atoms with E-state index in [1.165, 1.54) is 33.3 Å². The fourth-order valence-corrected chi connectivity index (χ4v) is 3.41. The number of para-hydroxylation sites is 1. The van der Waals surface area contributed by atoms with E-state index in [0.717, 1.165) is 4.31 Å². The second-order valence-electron chi connectivity index (χ2n) is 5.89. The summed E-state index contributed by atoms with van der Waals surface area (Å²) in [4.78, 5) is 16.5. The summed E-state index contributed by atoms with van der Waals surface area (Å²) in [6.07, 6.45) is 1.56. The number of carbonyl (C=O) groups is 1. The number of hydrogen-bond donors (Lipinski definition) is 0. The summed E-state index contributed by atoms with van der Waals surface area (Å²) in [6, 6.07) is 13.3. The first kappa shape index (κ1) is 18.8. The van der Waals surface area contributed by atoms with E-state index < -0.39 is 16.0 Å². The average molecular weight is 386 g/mol. The van der Waals surface area contributed by atoms with E-state index in [9.17, 15) is 13.2 Å². The Morgan fingerprint density at radius 3 is 2.56 bits per heavy atom. The normalized spacial score (nSPS) is 15.8. The van der Waals surface area contributed by atoms with Crippen LogP contribution in [0.3, 0.4) is 0 Å². The van der Waals surface area contributed by atoms with Crippen LogP contribution in [0.2, 0.25) is 0 Å². The van der Waals surface area contributed by atoms with E-state index in [0.29, 0.717) is 16.9 Å². The molecule has 1 aliphatic rings. The van der Waals surface area contributed by atoms with Gasteiger partial charge in [-0.15, -0.1) is 0 Å². The maximum absolute atomic E-state index is 12.3. The zero-order chi connectivity index (χ0) is 19.6. The molecule has 0 aromatic heterocycles. The predicted octanol–water partition coefficient (Wildman–Crippen LogP) is 2.29. The van der Waals surface area contributed by atoms with Crippen LogP contribution in [0.15, 0.2) is 64.1 Å². The van der Waals surface area contributed by atoms with Gasteiger partial charge in [-0.2, -0.15) is 0 Å². The van der Waals surface area contributed by atoms with Crippen molar-refractivity contribution in [2.75, 3.05) is 21.2 Å². The van der Waals surface area contributed by atoms with Gasteiger partial charge in [0.05, 0.1) is 12.0 Å². The third-order valence-corrected chi connectivity index (χ3v) is 5.72. The van der Waals surface area contributed by atoms with Gasteiger partial charge in [-0.1, -0.05) is 24.3 Å². The lowest BCUT2D eigenvalue weighted by Gasteiger charge is -2.11. The van der Waals surface area contributed by atoms with Crippen LogP contribution in [0.25, 0.3) is 6.08 Å². The highest BCUT2D eigenvalue weighted by molar-refractivity contribution is 7.89. The molecule has 0 amide bonds. The molecule has 0 saturated carbocycles. The molecule has 8 heteroatoms. The van der Waals surface area contributed by atoms with E-state index in [1.54, 1.807) is 30.3 Å². The standard InChI is InChI=1S/C19H18N2O5S/c1-21(2)27(23,24)15-9-6-8-14(11-15)18-20-16(19(22)26-18)12-13-7-4-5-10-17(13)25-3/h4-12H,1-3H3/b16-12-. The number of carbonyl (C=O) groups excluding carboxylic acids is 1. The van der Waals surface area contributed by atoms with Crippen molar-refractivity contribution >= 4 is 28.0 Å². The zero-order valence-corrected chi connectivity index (χ0v) is 15.9. The molecule has 3 rings (SSSR count). The quantitative estimate of drug-likeness (QED) is 0.581. The summed E-state index contributed by atoms with van der Waals surface area (Å²) >= 11 is 0. The summed E-state index contributed by atoms with van der Waals surface area (Å²) < 4.78 is 36.2. The van der Waals surface area contributed by atoms with Crippen molar-refractivity contribution in [1.29, 1.82) is 0 Å². The van der Waals surface area contributed by atoms with Crippen LogP contribution in [-0.2, 0) is 19.6 Å². The minimum Gasteiger partial charge on any atom is -0.496 e. The van der Waals surface area contributed by atoms with Crippen molar-refractivity contribution in [2.24, 2.45) is 4.99 Å². The van der Waals surface area contributed by atoms with Crippen LogP contribution in [0.4, 0.5) is 0 Å². The minimum absolute atomic E-state index is 0.0527. The third-order valence-electron chi connectivity index (χ3n) is 3.91. The fraction of sp³-hybridized carbons (Fsp3) is 0.158. The Kier molecular flexibility index (Phi) is 5.11. The summed E-state index contributed by atoms with van der Waals surface area (Å²) in [5.74, 6) is 0.0363. The Balaban J connectivity index is 1.99. The first-order chi connectivity index (χ1) is 12.8.